The van der Waals surface area contributed by atoms with Crippen LogP contribution in [0.4, 0.5) is 0 Å². The third-order valence-corrected chi connectivity index (χ3v) is 1.20. The van der Waals surface area contributed by atoms with Gasteiger partial charge >= 0.3 is 0 Å². The Labute approximate surface area is 53.0 Å². The molecule has 0 fully saturated rings. The number of ether oxygens (including phenoxy) is 2. The zero-order valence-corrected chi connectivity index (χ0v) is 4.76. The summed E-state index contributed by atoms with van der Waals surface area (Å²) in [6.45, 7) is 0.307. The molecule has 0 unspecified atom stereocenters. The van der Waals surface area contributed by atoms with Crippen LogP contribution in [0.5, 0.6) is 11.5 Å². The third-order valence-electron chi connectivity index (χ3n) is 1.20. The number of benzene rings is 1. The van der Waals surface area contributed by atoms with Gasteiger partial charge in [0.2, 0.25) is 6.79 Å². The predicted molar refractivity (Wildman–Crippen MR) is 31.4 cm³/mol. The Morgan fingerprint density at radius 1 is 1.33 bits per heavy atom. The van der Waals surface area contributed by atoms with E-state index in [0.29, 0.717) is 6.79 Å². The molecule has 9 heavy (non-hydrogen) atoms. The fraction of sp³-hybridized carbons (Fsp3) is 0.143. The summed E-state index contributed by atoms with van der Waals surface area (Å²) in [5.74, 6) is 1.56. The Morgan fingerprint density at radius 3 is 3.11 bits per heavy atom. The molecule has 0 N–H and O–H groups in total. The predicted octanol–water partition coefficient (Wildman–Crippen LogP) is 1.22. The molecule has 2 aliphatic rings. The summed E-state index contributed by atoms with van der Waals surface area (Å²) in [5.41, 5.74) is 0. The molecule has 1 aromatic carbocycles. The van der Waals surface area contributed by atoms with E-state index in [1.165, 1.54) is 0 Å². The lowest BCUT2D eigenvalue weighted by molar-refractivity contribution is 0.127. The molecule has 0 saturated carbocycles. The lowest BCUT2D eigenvalue weighted by atomic mass is 10.3. The molecule has 2 nitrogen and oxygen atoms in total. The Hall–Kier alpha value is -1.18. The minimum absolute atomic E-state index is 0.307. The molecular formula is C7H5O2. The van der Waals surface area contributed by atoms with Gasteiger partial charge in [0.15, 0.2) is 0 Å². The first-order chi connectivity index (χ1) is 4.45. The van der Waals surface area contributed by atoms with Crippen molar-refractivity contribution in [3.05, 3.63) is 24.3 Å². The van der Waals surface area contributed by atoms with E-state index in [4.69, 9.17) is 9.47 Å². The highest BCUT2D eigenvalue weighted by Gasteiger charge is 2.01. The van der Waals surface area contributed by atoms with Crippen LogP contribution >= 0.6 is 0 Å². The maximum Gasteiger partial charge on any atom is 0.230 e. The highest BCUT2D eigenvalue weighted by molar-refractivity contribution is 5.31. The molecule has 45 valence electrons. The molecule has 0 aromatic heterocycles. The summed E-state index contributed by atoms with van der Waals surface area (Å²) < 4.78 is 10.1. The molecule has 0 spiro atoms. The zero-order chi connectivity index (χ0) is 6.10. The Bertz CT molecular complexity index is 180. The molecular weight excluding hydrogens is 116 g/mol. The summed E-state index contributed by atoms with van der Waals surface area (Å²) in [5, 5.41) is 0. The standard InChI is InChI=1S/C7H5O2/c1-2-7-4-3-6(1)8-5-9-7/h1-3H,5H2. The van der Waals surface area contributed by atoms with Crippen molar-refractivity contribution in [2.45, 2.75) is 0 Å². The van der Waals surface area contributed by atoms with E-state index in [9.17, 15) is 0 Å². The molecule has 2 heteroatoms. The Morgan fingerprint density at radius 2 is 2.33 bits per heavy atom. The fourth-order valence-corrected chi connectivity index (χ4v) is 0.737. The van der Waals surface area contributed by atoms with Gasteiger partial charge in [-0.25, -0.2) is 0 Å². The van der Waals surface area contributed by atoms with Gasteiger partial charge in [-0.3, -0.25) is 0 Å². The largest absolute Gasteiger partial charge is 0.457 e. The van der Waals surface area contributed by atoms with Gasteiger partial charge in [-0.2, -0.15) is 0 Å². The van der Waals surface area contributed by atoms with Crippen LogP contribution in [0.1, 0.15) is 0 Å². The van der Waals surface area contributed by atoms with E-state index in [0.717, 1.165) is 11.5 Å². The van der Waals surface area contributed by atoms with Crippen LogP contribution in [0.3, 0.4) is 0 Å². The van der Waals surface area contributed by atoms with E-state index >= 15 is 0 Å². The van der Waals surface area contributed by atoms with Crippen molar-refractivity contribution in [2.75, 3.05) is 6.79 Å². The number of hydrogen-bond donors (Lipinski definition) is 0. The van der Waals surface area contributed by atoms with Gasteiger partial charge in [0.25, 0.3) is 0 Å². The monoisotopic (exact) mass is 121 g/mol. The van der Waals surface area contributed by atoms with Crippen molar-refractivity contribution in [2.24, 2.45) is 0 Å². The third kappa shape index (κ3) is 0.721. The first kappa shape index (κ1) is 4.68. The first-order valence-electron chi connectivity index (χ1n) is 2.72. The summed E-state index contributed by atoms with van der Waals surface area (Å²) in [6.07, 6.45) is 0. The van der Waals surface area contributed by atoms with Crippen LogP contribution in [0.2, 0.25) is 0 Å². The number of fused-ring (bicyclic) bond motifs is 4. The number of hydrogen-bond acceptors (Lipinski definition) is 2. The zero-order valence-electron chi connectivity index (χ0n) is 4.76. The second kappa shape index (κ2) is 1.65. The van der Waals surface area contributed by atoms with Crippen molar-refractivity contribution in [3.63, 3.8) is 0 Å². The van der Waals surface area contributed by atoms with Crippen LogP contribution in [0.25, 0.3) is 0 Å². The van der Waals surface area contributed by atoms with Gasteiger partial charge in [-0.05, 0) is 18.2 Å². The van der Waals surface area contributed by atoms with Crippen LogP contribution in [0, 0.1) is 6.07 Å². The van der Waals surface area contributed by atoms with E-state index in [1.54, 1.807) is 6.07 Å². The maximum atomic E-state index is 5.06. The van der Waals surface area contributed by atoms with Gasteiger partial charge in [-0.15, -0.1) is 0 Å². The lowest BCUT2D eigenvalue weighted by Gasteiger charge is -1.98. The highest BCUT2D eigenvalue weighted by atomic mass is 16.7. The van der Waals surface area contributed by atoms with E-state index in [2.05, 4.69) is 6.07 Å². The fourth-order valence-electron chi connectivity index (χ4n) is 0.737. The molecule has 0 amide bonds. The summed E-state index contributed by atoms with van der Waals surface area (Å²) in [4.78, 5) is 0. The Kier molecular flexibility index (Phi) is 0.859. The molecule has 2 bridgehead atoms. The second-order valence-corrected chi connectivity index (χ2v) is 1.80. The number of rotatable bonds is 0. The molecule has 1 radical (unpaired) electrons. The van der Waals surface area contributed by atoms with Crippen molar-refractivity contribution in [3.8, 4) is 11.5 Å². The smallest absolute Gasteiger partial charge is 0.230 e. The normalized spacial score (nSPS) is 13.8. The van der Waals surface area contributed by atoms with Crippen molar-refractivity contribution < 1.29 is 9.47 Å². The topological polar surface area (TPSA) is 18.5 Å². The quantitative estimate of drug-likeness (QED) is 0.513. The van der Waals surface area contributed by atoms with Gasteiger partial charge in [0.05, 0.1) is 0 Å². The summed E-state index contributed by atoms with van der Waals surface area (Å²) >= 11 is 0. The average molecular weight is 121 g/mol. The van der Waals surface area contributed by atoms with Crippen LogP contribution in [-0.4, -0.2) is 6.79 Å². The highest BCUT2D eigenvalue weighted by Crippen LogP contribution is 2.19. The van der Waals surface area contributed by atoms with Crippen molar-refractivity contribution >= 4 is 0 Å². The van der Waals surface area contributed by atoms with Gasteiger partial charge in [-0.1, -0.05) is 0 Å². The summed E-state index contributed by atoms with van der Waals surface area (Å²) in [7, 11) is 0. The van der Waals surface area contributed by atoms with Gasteiger partial charge in [0, 0.05) is 6.07 Å². The van der Waals surface area contributed by atoms with E-state index in [-0.39, 0.29) is 0 Å². The van der Waals surface area contributed by atoms with Crippen molar-refractivity contribution in [1.82, 2.24) is 0 Å². The lowest BCUT2D eigenvalue weighted by Crippen LogP contribution is -2.00. The molecule has 0 aliphatic carbocycles. The minimum Gasteiger partial charge on any atom is -0.457 e. The van der Waals surface area contributed by atoms with Crippen molar-refractivity contribution in [1.29, 1.82) is 0 Å². The molecule has 2 aliphatic heterocycles. The molecule has 0 saturated heterocycles. The molecule has 0 atom stereocenters. The van der Waals surface area contributed by atoms with E-state index in [1.807, 2.05) is 12.1 Å². The maximum absolute atomic E-state index is 5.06. The van der Waals surface area contributed by atoms with Crippen LogP contribution in [-0.2, 0) is 0 Å². The van der Waals surface area contributed by atoms with Crippen LogP contribution in [0.15, 0.2) is 18.2 Å². The Balaban J connectivity index is 2.53. The minimum atomic E-state index is 0.307. The van der Waals surface area contributed by atoms with Gasteiger partial charge < -0.3 is 9.47 Å². The second-order valence-electron chi connectivity index (χ2n) is 1.80. The SMILES string of the molecule is [c]1cc2ccc1OCO2. The average Bonchev–Trinajstić information content (AvgIpc) is 2.21. The van der Waals surface area contributed by atoms with Crippen LogP contribution < -0.4 is 9.47 Å². The molecule has 3 rings (SSSR count). The molecule has 2 heterocycles. The first-order valence-corrected chi connectivity index (χ1v) is 2.72. The van der Waals surface area contributed by atoms with E-state index < -0.39 is 0 Å². The molecule has 1 aromatic rings. The van der Waals surface area contributed by atoms with Gasteiger partial charge in [0.1, 0.15) is 11.5 Å². The summed E-state index contributed by atoms with van der Waals surface area (Å²) in [6, 6.07) is 8.36.